The molecule has 0 saturated heterocycles. The second-order valence-electron chi connectivity index (χ2n) is 7.42. The smallest absolute Gasteiger partial charge is 0.264 e. The van der Waals surface area contributed by atoms with Crippen molar-refractivity contribution in [1.29, 1.82) is 0 Å². The minimum absolute atomic E-state index is 0.625. The highest BCUT2D eigenvalue weighted by Crippen LogP contribution is 2.10. The summed E-state index contributed by atoms with van der Waals surface area (Å²) in [5.74, 6) is 1.56. The first-order valence-electron chi connectivity index (χ1n) is 9.91. The molecule has 0 radical (unpaired) electrons. The van der Waals surface area contributed by atoms with Gasteiger partial charge in [-0.05, 0) is 31.0 Å². The van der Waals surface area contributed by atoms with Gasteiger partial charge in [-0.1, -0.05) is 60.7 Å². The number of nitrogens with one attached hydrogen (secondary N) is 2. The Kier molecular flexibility index (Phi) is 5.81. The molecule has 1 aromatic heterocycles. The van der Waals surface area contributed by atoms with Gasteiger partial charge in [0, 0.05) is 17.9 Å². The van der Waals surface area contributed by atoms with Crippen LogP contribution in [0.15, 0.2) is 66.7 Å². The second-order valence-corrected chi connectivity index (χ2v) is 7.42. The highest BCUT2D eigenvalue weighted by molar-refractivity contribution is 5.88. The third-order valence-electron chi connectivity index (χ3n) is 4.83. The number of anilines is 1. The van der Waals surface area contributed by atoms with E-state index in [1.807, 2.05) is 26.0 Å². The molecule has 2 heterocycles. The zero-order valence-electron chi connectivity index (χ0n) is 17.0. The average molecular weight is 388 g/mol. The van der Waals surface area contributed by atoms with Gasteiger partial charge in [-0.15, -0.1) is 0 Å². The van der Waals surface area contributed by atoms with Crippen LogP contribution in [0.5, 0.6) is 0 Å². The van der Waals surface area contributed by atoms with Crippen LogP contribution in [0.1, 0.15) is 22.5 Å². The summed E-state index contributed by atoms with van der Waals surface area (Å²) < 4.78 is 2.29. The lowest BCUT2D eigenvalue weighted by molar-refractivity contribution is -0.572. The van der Waals surface area contributed by atoms with Crippen LogP contribution in [-0.2, 0) is 13.1 Å². The summed E-state index contributed by atoms with van der Waals surface area (Å²) >= 11 is 0. The number of nitrogens with zero attached hydrogens (tertiary/aromatic N) is 4. The maximum absolute atomic E-state index is 4.53. The molecule has 6 heteroatoms. The molecular formula is C23H27N6+. The Morgan fingerprint density at radius 1 is 0.931 bits per heavy atom. The van der Waals surface area contributed by atoms with Crippen molar-refractivity contribution in [1.82, 2.24) is 20.2 Å². The Morgan fingerprint density at radius 2 is 1.55 bits per heavy atom. The fourth-order valence-electron chi connectivity index (χ4n) is 3.55. The predicted octanol–water partition coefficient (Wildman–Crippen LogP) is 3.09. The lowest BCUT2D eigenvalue weighted by atomic mass is 10.2. The van der Waals surface area contributed by atoms with Crippen molar-refractivity contribution in [2.45, 2.75) is 26.9 Å². The molecule has 0 amide bonds. The van der Waals surface area contributed by atoms with Crippen molar-refractivity contribution < 1.29 is 4.58 Å². The number of guanidine groups is 1. The molecule has 0 fully saturated rings. The van der Waals surface area contributed by atoms with Gasteiger partial charge < -0.3 is 0 Å². The predicted molar refractivity (Wildman–Crippen MR) is 115 cm³/mol. The Balaban J connectivity index is 1.58. The molecule has 0 bridgehead atoms. The SMILES string of the molecule is Cc1cc(C)nc(NC2=[N+](Cc3ccccc3)CN(Cc3ccccc3)CN2)n1. The summed E-state index contributed by atoms with van der Waals surface area (Å²) in [6.45, 7) is 7.24. The van der Waals surface area contributed by atoms with Crippen molar-refractivity contribution in [3.8, 4) is 0 Å². The fourth-order valence-corrected chi connectivity index (χ4v) is 3.55. The second kappa shape index (κ2) is 8.84. The van der Waals surface area contributed by atoms with Crippen LogP contribution in [0.2, 0.25) is 0 Å². The van der Waals surface area contributed by atoms with E-state index in [-0.39, 0.29) is 0 Å². The lowest BCUT2D eigenvalue weighted by Crippen LogP contribution is -2.53. The topological polar surface area (TPSA) is 56.1 Å². The highest BCUT2D eigenvalue weighted by Gasteiger charge is 2.25. The van der Waals surface area contributed by atoms with E-state index in [0.29, 0.717) is 5.95 Å². The van der Waals surface area contributed by atoms with E-state index in [1.165, 1.54) is 11.1 Å². The van der Waals surface area contributed by atoms with Gasteiger partial charge in [-0.25, -0.2) is 24.8 Å². The third kappa shape index (κ3) is 5.18. The fraction of sp³-hybridized carbons (Fsp3) is 0.261. The standard InChI is InChI=1S/C23H26N6/c1-18-13-19(2)26-22(25-18)27-23-24-16-28(14-20-9-5-3-6-10-20)17-29(23)15-21-11-7-4-8-12-21/h3-13H,14-17H2,1-2H3,(H,24,25,26,27)/p+1. The molecule has 1 aliphatic heterocycles. The quantitative estimate of drug-likeness (QED) is 0.659. The van der Waals surface area contributed by atoms with Crippen molar-refractivity contribution in [2.75, 3.05) is 18.7 Å². The first-order chi connectivity index (χ1) is 14.2. The Bertz CT molecular complexity index is 965. The van der Waals surface area contributed by atoms with Gasteiger partial charge in [-0.2, -0.15) is 0 Å². The lowest BCUT2D eigenvalue weighted by Gasteiger charge is -2.28. The Labute approximate surface area is 171 Å². The highest BCUT2D eigenvalue weighted by atomic mass is 15.4. The Morgan fingerprint density at radius 3 is 2.21 bits per heavy atom. The van der Waals surface area contributed by atoms with Crippen LogP contribution in [0.3, 0.4) is 0 Å². The van der Waals surface area contributed by atoms with E-state index in [9.17, 15) is 0 Å². The van der Waals surface area contributed by atoms with Gasteiger partial charge in [-0.3, -0.25) is 5.32 Å². The van der Waals surface area contributed by atoms with Crippen LogP contribution < -0.4 is 10.6 Å². The summed E-state index contributed by atoms with van der Waals surface area (Å²) in [6.07, 6.45) is 0. The molecule has 148 valence electrons. The molecule has 0 saturated carbocycles. The monoisotopic (exact) mass is 387 g/mol. The van der Waals surface area contributed by atoms with E-state index in [2.05, 4.69) is 84.7 Å². The van der Waals surface area contributed by atoms with Crippen LogP contribution in [-0.4, -0.2) is 38.7 Å². The van der Waals surface area contributed by atoms with E-state index in [4.69, 9.17) is 0 Å². The molecule has 0 unspecified atom stereocenters. The van der Waals surface area contributed by atoms with Crippen molar-refractivity contribution >= 4 is 11.9 Å². The Hall–Kier alpha value is -3.25. The number of rotatable bonds is 5. The molecule has 29 heavy (non-hydrogen) atoms. The molecule has 2 N–H and O–H groups in total. The van der Waals surface area contributed by atoms with Gasteiger partial charge in [0.2, 0.25) is 0 Å². The zero-order chi connectivity index (χ0) is 20.1. The summed E-state index contributed by atoms with van der Waals surface area (Å²) in [6, 6.07) is 23.1. The van der Waals surface area contributed by atoms with Crippen LogP contribution in [0, 0.1) is 13.8 Å². The first kappa shape index (κ1) is 19.1. The summed E-state index contributed by atoms with van der Waals surface area (Å²) in [4.78, 5) is 11.4. The zero-order valence-corrected chi connectivity index (χ0v) is 17.0. The van der Waals surface area contributed by atoms with Gasteiger partial charge >= 0.3 is 5.96 Å². The molecule has 6 nitrogen and oxygen atoms in total. The molecule has 0 atom stereocenters. The van der Waals surface area contributed by atoms with Gasteiger partial charge in [0.1, 0.15) is 13.3 Å². The summed E-state index contributed by atoms with van der Waals surface area (Å²) in [5, 5.41) is 6.92. The van der Waals surface area contributed by atoms with E-state index in [1.54, 1.807) is 0 Å². The number of benzene rings is 2. The summed E-state index contributed by atoms with van der Waals surface area (Å²) in [5.41, 5.74) is 4.48. The number of hydrogen-bond acceptors (Lipinski definition) is 5. The van der Waals surface area contributed by atoms with Crippen molar-refractivity contribution in [2.24, 2.45) is 0 Å². The van der Waals surface area contributed by atoms with Gasteiger partial charge in [0.05, 0.1) is 6.54 Å². The normalized spacial score (nSPS) is 14.6. The molecule has 2 aromatic carbocycles. The first-order valence-corrected chi connectivity index (χ1v) is 9.91. The van der Waals surface area contributed by atoms with E-state index >= 15 is 0 Å². The number of aryl methyl sites for hydroxylation is 2. The third-order valence-corrected chi connectivity index (χ3v) is 4.83. The van der Waals surface area contributed by atoms with Crippen LogP contribution in [0.25, 0.3) is 0 Å². The average Bonchev–Trinajstić information content (AvgIpc) is 2.71. The van der Waals surface area contributed by atoms with E-state index < -0.39 is 0 Å². The molecule has 4 rings (SSSR count). The molecule has 0 aliphatic carbocycles. The van der Waals surface area contributed by atoms with Crippen LogP contribution >= 0.6 is 0 Å². The van der Waals surface area contributed by atoms with Gasteiger partial charge in [0.25, 0.3) is 5.95 Å². The minimum atomic E-state index is 0.625. The number of aromatic nitrogens is 2. The molecular weight excluding hydrogens is 360 g/mol. The molecule has 3 aromatic rings. The maximum Gasteiger partial charge on any atom is 0.355 e. The maximum atomic E-state index is 4.53. The van der Waals surface area contributed by atoms with Crippen molar-refractivity contribution in [3.63, 3.8) is 0 Å². The van der Waals surface area contributed by atoms with Gasteiger partial charge in [0.15, 0.2) is 0 Å². The van der Waals surface area contributed by atoms with Crippen LogP contribution in [0.4, 0.5) is 5.95 Å². The van der Waals surface area contributed by atoms with E-state index in [0.717, 1.165) is 43.8 Å². The molecule has 1 aliphatic rings. The molecule has 0 spiro atoms. The largest absolute Gasteiger partial charge is 0.355 e. The minimum Gasteiger partial charge on any atom is -0.264 e. The van der Waals surface area contributed by atoms with Crippen molar-refractivity contribution in [3.05, 3.63) is 89.2 Å². The number of hydrogen-bond donors (Lipinski definition) is 2. The summed E-state index contributed by atoms with van der Waals surface area (Å²) in [7, 11) is 0.